The number of aromatic nitrogens is 6. The Morgan fingerprint density at radius 1 is 1.22 bits per heavy atom. The van der Waals surface area contributed by atoms with Crippen LogP contribution in [0.25, 0.3) is 11.2 Å². The van der Waals surface area contributed by atoms with E-state index in [0.717, 1.165) is 36.3 Å². The van der Waals surface area contributed by atoms with Gasteiger partial charge in [-0.1, -0.05) is 27.2 Å². The number of hydrogen-bond acceptors (Lipinski definition) is 6. The van der Waals surface area contributed by atoms with E-state index >= 15 is 0 Å². The number of aromatic amines is 1. The summed E-state index contributed by atoms with van der Waals surface area (Å²) < 4.78 is 10.4. The molecule has 0 fully saturated rings. The summed E-state index contributed by atoms with van der Waals surface area (Å²) in [6.45, 7) is 11.3. The van der Waals surface area contributed by atoms with Gasteiger partial charge in [-0.2, -0.15) is 5.10 Å². The molecule has 0 aromatic carbocycles. The number of esters is 1. The van der Waals surface area contributed by atoms with E-state index in [1.807, 2.05) is 25.5 Å². The number of nitrogens with one attached hydrogen (secondary N) is 1. The number of nitrogens with zero attached hydrogens (tertiary/aromatic N) is 5. The molecular weight excluding hydrogens is 412 g/mol. The number of H-pyrrole nitrogens is 1. The maximum absolute atomic E-state index is 12.6. The first-order valence-corrected chi connectivity index (χ1v) is 11.0. The Labute approximate surface area is 186 Å². The topological polar surface area (TPSA) is 117 Å². The van der Waals surface area contributed by atoms with Gasteiger partial charge in [-0.3, -0.25) is 23.8 Å². The summed E-state index contributed by atoms with van der Waals surface area (Å²) in [5.41, 5.74) is 2.24. The highest BCUT2D eigenvalue weighted by Crippen LogP contribution is 2.17. The molecule has 10 heteroatoms. The number of carbonyl (C=O) groups is 1. The molecule has 3 rings (SSSR count). The third kappa shape index (κ3) is 4.68. The van der Waals surface area contributed by atoms with Crippen molar-refractivity contribution in [3.05, 3.63) is 43.6 Å². The van der Waals surface area contributed by atoms with Gasteiger partial charge in [0.15, 0.2) is 11.2 Å². The maximum atomic E-state index is 12.6. The van der Waals surface area contributed by atoms with Crippen LogP contribution in [0.5, 0.6) is 0 Å². The van der Waals surface area contributed by atoms with Crippen LogP contribution in [0.3, 0.4) is 0 Å². The van der Waals surface area contributed by atoms with E-state index in [2.05, 4.69) is 28.9 Å². The van der Waals surface area contributed by atoms with Crippen LogP contribution in [0.4, 0.5) is 0 Å². The van der Waals surface area contributed by atoms with Gasteiger partial charge in [0.25, 0.3) is 5.56 Å². The van der Waals surface area contributed by atoms with Crippen molar-refractivity contribution in [3.63, 3.8) is 0 Å². The highest BCUT2D eigenvalue weighted by molar-refractivity contribution is 5.74. The molecule has 32 heavy (non-hydrogen) atoms. The van der Waals surface area contributed by atoms with Crippen molar-refractivity contribution in [2.75, 3.05) is 0 Å². The van der Waals surface area contributed by atoms with Crippen molar-refractivity contribution in [2.45, 2.75) is 73.6 Å². The fourth-order valence-electron chi connectivity index (χ4n) is 3.80. The zero-order chi connectivity index (χ0) is 23.6. The zero-order valence-electron chi connectivity index (χ0n) is 19.7. The lowest BCUT2D eigenvalue weighted by Gasteiger charge is -2.08. The molecule has 3 aromatic heterocycles. The molecule has 0 aliphatic carbocycles. The fraction of sp³-hybridized carbons (Fsp3) is 0.591. The van der Waals surface area contributed by atoms with Crippen molar-refractivity contribution in [1.82, 2.24) is 28.9 Å². The quantitative estimate of drug-likeness (QED) is 0.505. The first kappa shape index (κ1) is 23.5. The average Bonchev–Trinajstić information content (AvgIpc) is 3.17. The Morgan fingerprint density at radius 3 is 2.59 bits per heavy atom. The van der Waals surface area contributed by atoms with E-state index < -0.39 is 17.2 Å². The summed E-state index contributed by atoms with van der Waals surface area (Å²) in [5, 5.41) is 4.54. The largest absolute Gasteiger partial charge is 0.457 e. The molecule has 0 atom stereocenters. The van der Waals surface area contributed by atoms with E-state index in [0.29, 0.717) is 23.9 Å². The van der Waals surface area contributed by atoms with E-state index in [1.165, 1.54) is 4.57 Å². The van der Waals surface area contributed by atoms with Gasteiger partial charge in [0, 0.05) is 31.4 Å². The molecule has 0 saturated carbocycles. The Morgan fingerprint density at radius 2 is 1.94 bits per heavy atom. The summed E-state index contributed by atoms with van der Waals surface area (Å²) in [6, 6.07) is 0. The van der Waals surface area contributed by atoms with Crippen molar-refractivity contribution < 1.29 is 9.53 Å². The number of unbranched alkanes of at least 4 members (excludes halogenated alkanes) is 1. The number of ether oxygens (including phenoxy) is 1. The number of fused-ring (bicyclic) bond motifs is 1. The van der Waals surface area contributed by atoms with Crippen molar-refractivity contribution >= 4 is 17.1 Å². The highest BCUT2D eigenvalue weighted by atomic mass is 16.5. The zero-order valence-corrected chi connectivity index (χ0v) is 19.7. The smallest absolute Gasteiger partial charge is 0.330 e. The number of imidazole rings is 1. The molecule has 0 saturated heterocycles. The van der Waals surface area contributed by atoms with E-state index in [4.69, 9.17) is 4.74 Å². The molecule has 10 nitrogen and oxygen atoms in total. The molecule has 1 N–H and O–H groups in total. The third-order valence-corrected chi connectivity index (χ3v) is 5.59. The molecule has 3 aromatic rings. The third-order valence-electron chi connectivity index (χ3n) is 5.59. The predicted octanol–water partition coefficient (Wildman–Crippen LogP) is 1.98. The van der Waals surface area contributed by atoms with Crippen molar-refractivity contribution in [2.24, 2.45) is 13.0 Å². The van der Waals surface area contributed by atoms with Crippen LogP contribution in [-0.4, -0.2) is 34.9 Å². The van der Waals surface area contributed by atoms with Gasteiger partial charge in [0.05, 0.1) is 12.1 Å². The normalized spacial score (nSPS) is 11.6. The van der Waals surface area contributed by atoms with E-state index in [9.17, 15) is 14.4 Å². The molecule has 0 aliphatic heterocycles. The molecular formula is C22H32N6O4. The molecule has 0 aliphatic rings. The van der Waals surface area contributed by atoms with Gasteiger partial charge < -0.3 is 9.30 Å². The van der Waals surface area contributed by atoms with Gasteiger partial charge >= 0.3 is 11.7 Å². The van der Waals surface area contributed by atoms with E-state index in [1.54, 1.807) is 11.6 Å². The second-order valence-electron chi connectivity index (χ2n) is 8.59. The maximum Gasteiger partial charge on any atom is 0.330 e. The Hall–Kier alpha value is -3.17. The van der Waals surface area contributed by atoms with Crippen LogP contribution < -0.4 is 11.2 Å². The van der Waals surface area contributed by atoms with Crippen molar-refractivity contribution in [1.29, 1.82) is 0 Å². The molecule has 0 unspecified atom stereocenters. The second-order valence-corrected chi connectivity index (χ2v) is 8.59. The molecule has 0 bridgehead atoms. The minimum Gasteiger partial charge on any atom is -0.457 e. The molecule has 3 heterocycles. The highest BCUT2D eigenvalue weighted by Gasteiger charge is 2.19. The van der Waals surface area contributed by atoms with Crippen LogP contribution in [-0.2, 0) is 42.7 Å². The standard InChI is InChI=1S/C22H32N6O4/c1-7-8-9-27-20-19(21(30)24-22(27)31)26(6)17(23-20)12-32-18(29)10-16-14(4)25-28(15(16)5)11-13(2)3/h13H,7-12H2,1-6H3,(H,24,30,31). The van der Waals surface area contributed by atoms with Crippen LogP contribution in [0.1, 0.15) is 56.4 Å². The lowest BCUT2D eigenvalue weighted by molar-refractivity contribution is -0.144. The summed E-state index contributed by atoms with van der Waals surface area (Å²) in [4.78, 5) is 43.9. The molecule has 0 spiro atoms. The number of carbonyl (C=O) groups excluding carboxylic acids is 1. The summed E-state index contributed by atoms with van der Waals surface area (Å²) in [7, 11) is 1.67. The monoisotopic (exact) mass is 444 g/mol. The first-order chi connectivity index (χ1) is 15.1. The van der Waals surface area contributed by atoms with Gasteiger partial charge in [-0.15, -0.1) is 0 Å². The lowest BCUT2D eigenvalue weighted by atomic mass is 10.1. The van der Waals surface area contributed by atoms with Gasteiger partial charge in [0.1, 0.15) is 12.4 Å². The van der Waals surface area contributed by atoms with Crippen molar-refractivity contribution in [3.8, 4) is 0 Å². The van der Waals surface area contributed by atoms with Crippen LogP contribution in [0.15, 0.2) is 9.59 Å². The molecule has 0 amide bonds. The lowest BCUT2D eigenvalue weighted by Crippen LogP contribution is -2.31. The minimum absolute atomic E-state index is 0.0936. The minimum atomic E-state index is -0.505. The Balaban J connectivity index is 1.79. The number of rotatable bonds is 9. The van der Waals surface area contributed by atoms with Gasteiger partial charge in [-0.25, -0.2) is 9.78 Å². The SMILES string of the molecule is CCCCn1c(=O)[nH]c(=O)c2c1nc(COC(=O)Cc1c(C)nn(CC(C)C)c1C)n2C. The first-order valence-electron chi connectivity index (χ1n) is 11.0. The summed E-state index contributed by atoms with van der Waals surface area (Å²) in [6.07, 6.45) is 1.80. The Kier molecular flexibility index (Phi) is 7.00. The summed E-state index contributed by atoms with van der Waals surface area (Å²) >= 11 is 0. The predicted molar refractivity (Wildman–Crippen MR) is 121 cm³/mol. The fourth-order valence-corrected chi connectivity index (χ4v) is 3.80. The summed E-state index contributed by atoms with van der Waals surface area (Å²) in [5.74, 6) is 0.450. The average molecular weight is 445 g/mol. The van der Waals surface area contributed by atoms with Gasteiger partial charge in [-0.05, 0) is 26.2 Å². The number of aryl methyl sites for hydroxylation is 3. The number of hydrogen-bond donors (Lipinski definition) is 1. The molecule has 174 valence electrons. The van der Waals surface area contributed by atoms with Crippen LogP contribution in [0.2, 0.25) is 0 Å². The Bertz CT molecular complexity index is 1240. The second kappa shape index (κ2) is 9.54. The van der Waals surface area contributed by atoms with E-state index in [-0.39, 0.29) is 18.5 Å². The molecule has 0 radical (unpaired) electrons. The van der Waals surface area contributed by atoms with Crippen LogP contribution in [0, 0.1) is 19.8 Å². The van der Waals surface area contributed by atoms with Gasteiger partial charge in [0.2, 0.25) is 0 Å². The van der Waals surface area contributed by atoms with Crippen LogP contribution >= 0.6 is 0 Å².